The van der Waals surface area contributed by atoms with Crippen LogP contribution in [0.25, 0.3) is 54.8 Å². The van der Waals surface area contributed by atoms with Crippen molar-refractivity contribution in [3.63, 3.8) is 0 Å². The molecule has 268 valence electrons. The van der Waals surface area contributed by atoms with Crippen LogP contribution in [-0.4, -0.2) is 10.4 Å². The van der Waals surface area contributed by atoms with Crippen LogP contribution < -0.4 is 10.6 Å². The van der Waals surface area contributed by atoms with Crippen LogP contribution in [0.2, 0.25) is 0 Å². The molecular formula is C51H38N4S. The molecule has 1 aliphatic carbocycles. The van der Waals surface area contributed by atoms with Crippen molar-refractivity contribution >= 4 is 55.1 Å². The van der Waals surface area contributed by atoms with E-state index in [1.807, 2.05) is 17.4 Å². The Bertz CT molecular complexity index is 2940. The van der Waals surface area contributed by atoms with Crippen molar-refractivity contribution < 1.29 is 0 Å². The Morgan fingerprint density at radius 1 is 0.571 bits per heavy atom. The number of rotatable bonds is 6. The van der Waals surface area contributed by atoms with Crippen molar-refractivity contribution in [2.75, 3.05) is 0 Å². The minimum Gasteiger partial charge on any atom is -0.350 e. The van der Waals surface area contributed by atoms with E-state index in [9.17, 15) is 0 Å². The number of nitrogens with one attached hydrogen (secondary N) is 2. The van der Waals surface area contributed by atoms with Gasteiger partial charge in [-0.15, -0.1) is 11.3 Å². The molecule has 1 aliphatic heterocycles. The van der Waals surface area contributed by atoms with Crippen molar-refractivity contribution in [1.82, 2.24) is 15.2 Å². The molecule has 0 bridgehead atoms. The molecule has 2 aromatic heterocycles. The smallest absolute Gasteiger partial charge is 0.131 e. The zero-order valence-electron chi connectivity index (χ0n) is 30.6. The van der Waals surface area contributed by atoms with E-state index in [4.69, 9.17) is 4.99 Å². The Kier molecular flexibility index (Phi) is 8.01. The lowest BCUT2D eigenvalue weighted by atomic mass is 9.87. The number of hydrogen-bond donors (Lipinski definition) is 2. The Morgan fingerprint density at radius 2 is 1.27 bits per heavy atom. The molecule has 3 heterocycles. The summed E-state index contributed by atoms with van der Waals surface area (Å²) >= 11 is 1.97. The third-order valence-electron chi connectivity index (χ3n) is 11.5. The van der Waals surface area contributed by atoms with Gasteiger partial charge in [0.1, 0.15) is 18.2 Å². The molecule has 0 spiro atoms. The van der Waals surface area contributed by atoms with Gasteiger partial charge in [-0.25, -0.2) is 4.99 Å². The van der Waals surface area contributed by atoms with E-state index in [2.05, 4.69) is 197 Å². The summed E-state index contributed by atoms with van der Waals surface area (Å²) < 4.78 is 3.77. The maximum atomic E-state index is 5.18. The standard InChI is InChI=1S/C51H38N4S/c1-4-14-33(15-5-1)39-21-12-23-42-43-24-13-22-40(48(43)56-47(39)42)37-28-31-46-44(32-37)41-20-10-11-25-45(41)55(46)38-29-26-36(27-30-38)51-53-49(34-16-6-2-7-17-34)52-50(54-51)35-18-8-3-9-19-35/h1-20,22-32,39,49,51,53H,21H2,(H,52,54). The number of thiophene rings is 1. The predicted molar refractivity (Wildman–Crippen MR) is 235 cm³/mol. The first-order valence-electron chi connectivity index (χ1n) is 19.4. The van der Waals surface area contributed by atoms with Gasteiger partial charge in [0.2, 0.25) is 0 Å². The van der Waals surface area contributed by atoms with Crippen LogP contribution in [0.3, 0.4) is 0 Å². The molecule has 9 aromatic rings. The van der Waals surface area contributed by atoms with Gasteiger partial charge >= 0.3 is 0 Å². The number of para-hydroxylation sites is 1. The fourth-order valence-electron chi connectivity index (χ4n) is 8.73. The topological polar surface area (TPSA) is 41.4 Å². The van der Waals surface area contributed by atoms with E-state index in [-0.39, 0.29) is 12.3 Å². The van der Waals surface area contributed by atoms with E-state index >= 15 is 0 Å². The highest BCUT2D eigenvalue weighted by Crippen LogP contribution is 2.47. The lowest BCUT2D eigenvalue weighted by Gasteiger charge is -2.32. The summed E-state index contributed by atoms with van der Waals surface area (Å²) in [4.78, 5) is 6.65. The number of aromatic nitrogens is 1. The quantitative estimate of drug-likeness (QED) is 0.178. The van der Waals surface area contributed by atoms with Crippen molar-refractivity contribution in [1.29, 1.82) is 0 Å². The molecule has 2 aliphatic rings. The van der Waals surface area contributed by atoms with E-state index in [1.54, 1.807) is 0 Å². The number of benzene rings is 7. The zero-order valence-corrected chi connectivity index (χ0v) is 31.5. The van der Waals surface area contributed by atoms with Crippen LogP contribution in [0.15, 0.2) is 187 Å². The highest BCUT2D eigenvalue weighted by atomic mass is 32.1. The Morgan fingerprint density at radius 3 is 2.07 bits per heavy atom. The highest BCUT2D eigenvalue weighted by Gasteiger charge is 2.27. The summed E-state index contributed by atoms with van der Waals surface area (Å²) in [5, 5.41) is 11.2. The first-order valence-corrected chi connectivity index (χ1v) is 20.2. The summed E-state index contributed by atoms with van der Waals surface area (Å²) in [6.45, 7) is 0. The Hall–Kier alpha value is -6.53. The molecule has 0 radical (unpaired) electrons. The van der Waals surface area contributed by atoms with Crippen molar-refractivity contribution in [3.05, 3.63) is 215 Å². The second kappa shape index (κ2) is 13.6. The van der Waals surface area contributed by atoms with Crippen molar-refractivity contribution in [2.45, 2.75) is 24.7 Å². The summed E-state index contributed by atoms with van der Waals surface area (Å²) in [6.07, 6.45) is 5.45. The van der Waals surface area contributed by atoms with E-state index < -0.39 is 0 Å². The molecule has 4 nitrogen and oxygen atoms in total. The van der Waals surface area contributed by atoms with Gasteiger partial charge in [-0.1, -0.05) is 158 Å². The minimum atomic E-state index is -0.212. The van der Waals surface area contributed by atoms with Gasteiger partial charge in [0.15, 0.2) is 0 Å². The third kappa shape index (κ3) is 5.59. The van der Waals surface area contributed by atoms with Crippen LogP contribution in [0, 0.1) is 0 Å². The van der Waals surface area contributed by atoms with Gasteiger partial charge in [-0.05, 0) is 70.1 Å². The lowest BCUT2D eigenvalue weighted by Crippen LogP contribution is -2.44. The van der Waals surface area contributed by atoms with Crippen LogP contribution in [0.1, 0.15) is 57.4 Å². The van der Waals surface area contributed by atoms with Crippen molar-refractivity contribution in [2.24, 2.45) is 4.99 Å². The molecule has 0 amide bonds. The fraction of sp³-hybridized carbons (Fsp3) is 0.0784. The molecule has 0 fully saturated rings. The molecule has 7 aromatic carbocycles. The van der Waals surface area contributed by atoms with Gasteiger partial charge in [-0.3, -0.25) is 5.32 Å². The van der Waals surface area contributed by atoms with Gasteiger partial charge < -0.3 is 9.88 Å². The van der Waals surface area contributed by atoms with E-state index in [0.717, 1.165) is 29.1 Å². The predicted octanol–water partition coefficient (Wildman–Crippen LogP) is 12.6. The van der Waals surface area contributed by atoms with Crippen LogP contribution in [0.5, 0.6) is 0 Å². The molecule has 0 saturated heterocycles. The maximum Gasteiger partial charge on any atom is 0.131 e. The lowest BCUT2D eigenvalue weighted by molar-refractivity contribution is 0.409. The second-order valence-corrected chi connectivity index (χ2v) is 15.8. The van der Waals surface area contributed by atoms with Crippen LogP contribution >= 0.6 is 11.3 Å². The number of fused-ring (bicyclic) bond motifs is 6. The summed E-state index contributed by atoms with van der Waals surface area (Å²) in [6, 6.07) is 63.5. The number of allylic oxidation sites excluding steroid dienone is 1. The summed E-state index contributed by atoms with van der Waals surface area (Å²) in [5.41, 5.74) is 12.2. The molecule has 11 rings (SSSR count). The zero-order chi connectivity index (χ0) is 37.0. The molecular weight excluding hydrogens is 701 g/mol. The Balaban J connectivity index is 0.977. The molecule has 0 saturated carbocycles. The number of aliphatic imine (C=N–C) groups is 1. The maximum absolute atomic E-state index is 5.18. The minimum absolute atomic E-state index is 0.0765. The SMILES string of the molecule is C1=Cc2c(sc3c(-c4ccc5c(c4)c4ccccc4n5-c4ccc(C5N=C(c6ccccc6)NC(c6ccccc6)N5)cc4)cccc23)C(c2ccccc2)C1. The van der Waals surface area contributed by atoms with Crippen LogP contribution in [-0.2, 0) is 0 Å². The first-order chi connectivity index (χ1) is 27.8. The largest absolute Gasteiger partial charge is 0.350 e. The third-order valence-corrected chi connectivity index (χ3v) is 12.8. The molecule has 5 heteroatoms. The first kappa shape index (κ1) is 32.9. The number of amidine groups is 1. The van der Waals surface area contributed by atoms with Gasteiger partial charge in [0, 0.05) is 42.9 Å². The van der Waals surface area contributed by atoms with Gasteiger partial charge in [-0.2, -0.15) is 0 Å². The monoisotopic (exact) mass is 738 g/mol. The number of nitrogens with zero attached hydrogens (tertiary/aromatic N) is 2. The number of hydrogen-bond acceptors (Lipinski definition) is 4. The molecule has 3 atom stereocenters. The summed E-state index contributed by atoms with van der Waals surface area (Å²) in [7, 11) is 0. The van der Waals surface area contributed by atoms with Crippen LogP contribution in [0.4, 0.5) is 0 Å². The highest BCUT2D eigenvalue weighted by molar-refractivity contribution is 7.20. The normalized spacial score (nSPS) is 17.9. The van der Waals surface area contributed by atoms with E-state index in [0.29, 0.717) is 5.92 Å². The van der Waals surface area contributed by atoms with Crippen molar-refractivity contribution in [3.8, 4) is 16.8 Å². The average molecular weight is 739 g/mol. The fourth-order valence-corrected chi connectivity index (χ4v) is 10.2. The van der Waals surface area contributed by atoms with Gasteiger partial charge in [0.05, 0.1) is 11.0 Å². The average Bonchev–Trinajstić information content (AvgIpc) is 3.83. The summed E-state index contributed by atoms with van der Waals surface area (Å²) in [5.74, 6) is 1.28. The second-order valence-electron chi connectivity index (χ2n) is 14.7. The van der Waals surface area contributed by atoms with Gasteiger partial charge in [0.25, 0.3) is 0 Å². The molecule has 2 N–H and O–H groups in total. The molecule has 56 heavy (non-hydrogen) atoms. The van der Waals surface area contributed by atoms with E-state index in [1.165, 1.54) is 64.6 Å². The molecule has 3 unspecified atom stereocenters. The Labute approximate surface area is 330 Å².